The second-order valence-electron chi connectivity index (χ2n) is 2.44. The summed E-state index contributed by atoms with van der Waals surface area (Å²) in [6.45, 7) is 0. The topological polar surface area (TPSA) is 3.24 Å². The van der Waals surface area contributed by atoms with Crippen LogP contribution in [0.5, 0.6) is 0 Å². The van der Waals surface area contributed by atoms with Crippen molar-refractivity contribution in [1.82, 2.24) is 0 Å². The van der Waals surface area contributed by atoms with Crippen LogP contribution in [0.25, 0.3) is 0 Å². The molecule has 0 saturated heterocycles. The minimum atomic E-state index is -0.566. The number of halogens is 2. The van der Waals surface area contributed by atoms with Crippen molar-refractivity contribution < 1.29 is 8.78 Å². The maximum Gasteiger partial charge on any atom is 0.149 e. The van der Waals surface area contributed by atoms with E-state index in [2.05, 4.69) is 12.6 Å². The van der Waals surface area contributed by atoms with Gasteiger partial charge in [0.05, 0.1) is 11.6 Å². The van der Waals surface area contributed by atoms with Gasteiger partial charge in [-0.1, -0.05) is 0 Å². The van der Waals surface area contributed by atoms with Gasteiger partial charge in [0.15, 0.2) is 0 Å². The maximum absolute atomic E-state index is 13.0. The summed E-state index contributed by atoms with van der Waals surface area (Å²) in [6, 6.07) is 3.47. The van der Waals surface area contributed by atoms with Gasteiger partial charge in [0.1, 0.15) is 11.6 Å². The fourth-order valence-electron chi connectivity index (χ4n) is 0.867. The third-order valence-corrected chi connectivity index (χ3v) is 1.96. The summed E-state index contributed by atoms with van der Waals surface area (Å²) < 4.78 is 25.4. The molecule has 0 fully saturated rings. The molecule has 1 aromatic carbocycles. The van der Waals surface area contributed by atoms with E-state index in [-0.39, 0.29) is 0 Å². The van der Waals surface area contributed by atoms with Crippen molar-refractivity contribution in [1.29, 1.82) is 0 Å². The van der Waals surface area contributed by atoms with Gasteiger partial charge in [-0.25, -0.2) is 8.78 Å². The number of hydrogen-bond donors (Lipinski definition) is 1. The molecule has 0 radical (unpaired) electrons. The summed E-state index contributed by atoms with van der Waals surface area (Å²) in [4.78, 5) is 1.58. The lowest BCUT2D eigenvalue weighted by Gasteiger charge is -2.16. The van der Waals surface area contributed by atoms with Crippen molar-refractivity contribution in [3.05, 3.63) is 29.8 Å². The normalized spacial score (nSPS) is 10.0. The number of rotatable bonds is 2. The van der Waals surface area contributed by atoms with Crippen LogP contribution in [0, 0.1) is 11.6 Å². The first kappa shape index (κ1) is 9.32. The molecule has 0 unspecified atom stereocenters. The molecule has 0 aromatic heterocycles. The molecule has 0 N–H and O–H groups in total. The van der Waals surface area contributed by atoms with Crippen molar-refractivity contribution in [2.45, 2.75) is 0 Å². The highest BCUT2D eigenvalue weighted by Gasteiger charge is 2.06. The molecular weight excluding hydrogens is 180 g/mol. The lowest BCUT2D eigenvalue weighted by molar-refractivity contribution is 0.582. The van der Waals surface area contributed by atoms with Crippen LogP contribution in [0.2, 0.25) is 0 Å². The standard InChI is InChI=1S/C8H9F2NS/c1-11(5-12)8-3-2-6(9)4-7(8)10/h2-4,12H,5H2,1H3. The summed E-state index contributed by atoms with van der Waals surface area (Å²) in [7, 11) is 1.68. The van der Waals surface area contributed by atoms with Crippen molar-refractivity contribution in [2.24, 2.45) is 0 Å². The molecule has 66 valence electrons. The summed E-state index contributed by atoms with van der Waals surface area (Å²) in [6.07, 6.45) is 0. The molecule has 0 amide bonds. The minimum absolute atomic E-state index is 0.353. The first-order valence-electron chi connectivity index (χ1n) is 3.42. The maximum atomic E-state index is 13.0. The van der Waals surface area contributed by atoms with Gasteiger partial charge in [-0.05, 0) is 12.1 Å². The molecule has 0 atom stereocenters. The second-order valence-corrected chi connectivity index (χ2v) is 2.72. The lowest BCUT2D eigenvalue weighted by atomic mass is 10.3. The Kier molecular flexibility index (Phi) is 2.92. The monoisotopic (exact) mass is 189 g/mol. The molecule has 0 spiro atoms. The van der Waals surface area contributed by atoms with E-state index in [1.807, 2.05) is 0 Å². The smallest absolute Gasteiger partial charge is 0.149 e. The van der Waals surface area contributed by atoms with Gasteiger partial charge in [0.25, 0.3) is 0 Å². The van der Waals surface area contributed by atoms with Crippen LogP contribution in [0.15, 0.2) is 18.2 Å². The molecule has 4 heteroatoms. The van der Waals surface area contributed by atoms with Crippen molar-refractivity contribution in [3.8, 4) is 0 Å². The zero-order valence-electron chi connectivity index (χ0n) is 6.59. The molecule has 0 saturated carbocycles. The van der Waals surface area contributed by atoms with Gasteiger partial charge < -0.3 is 4.90 Å². The number of benzene rings is 1. The van der Waals surface area contributed by atoms with Gasteiger partial charge in [-0.15, -0.1) is 0 Å². The SMILES string of the molecule is CN(CS)c1ccc(F)cc1F. The summed E-state index contributed by atoms with van der Waals surface area (Å²) in [5, 5.41) is 0. The first-order chi connectivity index (χ1) is 5.65. The quantitative estimate of drug-likeness (QED) is 0.552. The van der Waals surface area contributed by atoms with E-state index in [4.69, 9.17) is 0 Å². The first-order valence-corrected chi connectivity index (χ1v) is 4.05. The van der Waals surface area contributed by atoms with E-state index >= 15 is 0 Å². The van der Waals surface area contributed by atoms with E-state index in [0.29, 0.717) is 11.6 Å². The summed E-state index contributed by atoms with van der Waals surface area (Å²) >= 11 is 3.97. The molecule has 0 aliphatic heterocycles. The Hall–Kier alpha value is -0.770. The highest BCUT2D eigenvalue weighted by molar-refractivity contribution is 7.80. The predicted octanol–water partition coefficient (Wildman–Crippen LogP) is 2.29. The molecule has 0 aliphatic rings. The Labute approximate surface area is 75.4 Å². The molecule has 1 rings (SSSR count). The molecular formula is C8H9F2NS. The van der Waals surface area contributed by atoms with Crippen molar-refractivity contribution in [3.63, 3.8) is 0 Å². The molecule has 12 heavy (non-hydrogen) atoms. The Morgan fingerprint density at radius 2 is 2.08 bits per heavy atom. The van der Waals surface area contributed by atoms with E-state index in [9.17, 15) is 8.78 Å². The second kappa shape index (κ2) is 3.76. The molecule has 0 heterocycles. The van der Waals surface area contributed by atoms with E-state index < -0.39 is 11.6 Å². The Morgan fingerprint density at radius 3 is 2.58 bits per heavy atom. The fraction of sp³-hybridized carbons (Fsp3) is 0.250. The number of thiol groups is 1. The van der Waals surface area contributed by atoms with Crippen LogP contribution < -0.4 is 4.90 Å². The summed E-state index contributed by atoms with van der Waals surface area (Å²) in [5.74, 6) is -0.738. The Bertz CT molecular complexity index is 278. The van der Waals surface area contributed by atoms with Gasteiger partial charge in [0, 0.05) is 13.1 Å². The molecule has 1 nitrogen and oxygen atoms in total. The van der Waals surface area contributed by atoms with Gasteiger partial charge in [0.2, 0.25) is 0 Å². The largest absolute Gasteiger partial charge is 0.363 e. The highest BCUT2D eigenvalue weighted by Crippen LogP contribution is 2.18. The third kappa shape index (κ3) is 1.88. The minimum Gasteiger partial charge on any atom is -0.363 e. The lowest BCUT2D eigenvalue weighted by Crippen LogP contribution is -2.15. The van der Waals surface area contributed by atoms with Crippen LogP contribution in [0.3, 0.4) is 0 Å². The van der Waals surface area contributed by atoms with Crippen LogP contribution in [-0.2, 0) is 0 Å². The predicted molar refractivity (Wildman–Crippen MR) is 48.6 cm³/mol. The van der Waals surface area contributed by atoms with E-state index in [0.717, 1.165) is 6.07 Å². The Morgan fingerprint density at radius 1 is 1.42 bits per heavy atom. The van der Waals surface area contributed by atoms with Gasteiger partial charge in [-0.3, -0.25) is 0 Å². The van der Waals surface area contributed by atoms with Crippen LogP contribution in [-0.4, -0.2) is 12.9 Å². The highest BCUT2D eigenvalue weighted by atomic mass is 32.1. The van der Waals surface area contributed by atoms with Crippen molar-refractivity contribution >= 4 is 18.3 Å². The number of hydrogen-bond acceptors (Lipinski definition) is 2. The number of anilines is 1. The van der Waals surface area contributed by atoms with Crippen LogP contribution in [0.4, 0.5) is 14.5 Å². The van der Waals surface area contributed by atoms with Crippen LogP contribution >= 0.6 is 12.6 Å². The summed E-state index contributed by atoms with van der Waals surface area (Å²) in [5.41, 5.74) is 0.353. The fourth-order valence-corrected chi connectivity index (χ4v) is 1.02. The average molecular weight is 189 g/mol. The zero-order chi connectivity index (χ0) is 9.14. The number of nitrogens with zero attached hydrogens (tertiary/aromatic N) is 1. The average Bonchev–Trinajstić information content (AvgIpc) is 2.03. The third-order valence-electron chi connectivity index (χ3n) is 1.53. The van der Waals surface area contributed by atoms with Crippen LogP contribution in [0.1, 0.15) is 0 Å². The molecule has 0 aliphatic carbocycles. The van der Waals surface area contributed by atoms with E-state index in [1.54, 1.807) is 11.9 Å². The van der Waals surface area contributed by atoms with Gasteiger partial charge >= 0.3 is 0 Å². The molecule has 0 bridgehead atoms. The molecule has 1 aromatic rings. The van der Waals surface area contributed by atoms with Gasteiger partial charge in [-0.2, -0.15) is 12.6 Å². The van der Waals surface area contributed by atoms with E-state index in [1.165, 1.54) is 12.1 Å². The zero-order valence-corrected chi connectivity index (χ0v) is 7.48. The Balaban J connectivity index is 3.01. The van der Waals surface area contributed by atoms with Crippen molar-refractivity contribution in [2.75, 3.05) is 17.8 Å².